The number of hydrogen-bond donors (Lipinski definition) is 1. The molecule has 2 nitrogen and oxygen atoms in total. The molecular weight excluding hydrogens is 240 g/mol. The molecule has 1 heterocycles. The molecule has 0 saturated heterocycles. The zero-order valence-electron chi connectivity index (χ0n) is 8.17. The lowest BCUT2D eigenvalue weighted by molar-refractivity contribution is 0.524. The first kappa shape index (κ1) is 10.1. The molecule has 1 saturated carbocycles. The molecule has 1 fully saturated rings. The second-order valence-electron chi connectivity index (χ2n) is 3.85. The summed E-state index contributed by atoms with van der Waals surface area (Å²) in [5, 5.41) is 3.58. The number of nitrogens with one attached hydrogen (secondary N) is 1. The molecule has 1 aliphatic carbocycles. The number of aromatic nitrogens is 1. The van der Waals surface area contributed by atoms with Gasteiger partial charge in [-0.2, -0.15) is 0 Å². The largest absolute Gasteiger partial charge is 0.310 e. The third-order valence-electron chi connectivity index (χ3n) is 2.74. The quantitative estimate of drug-likeness (QED) is 0.840. The van der Waals surface area contributed by atoms with Gasteiger partial charge in [0.2, 0.25) is 0 Å². The molecule has 3 heteroatoms. The van der Waals surface area contributed by atoms with E-state index >= 15 is 0 Å². The van der Waals surface area contributed by atoms with Crippen molar-refractivity contribution < 1.29 is 0 Å². The molecular formula is C11H15BrN2. The van der Waals surface area contributed by atoms with Crippen LogP contribution < -0.4 is 5.32 Å². The van der Waals surface area contributed by atoms with Crippen molar-refractivity contribution in [3.63, 3.8) is 0 Å². The number of halogens is 1. The fraction of sp³-hybridized carbons (Fsp3) is 0.545. The van der Waals surface area contributed by atoms with Gasteiger partial charge in [-0.3, -0.25) is 0 Å². The van der Waals surface area contributed by atoms with Gasteiger partial charge in [0.05, 0.1) is 0 Å². The van der Waals surface area contributed by atoms with Gasteiger partial charge in [-0.15, -0.1) is 0 Å². The van der Waals surface area contributed by atoms with E-state index in [-0.39, 0.29) is 0 Å². The van der Waals surface area contributed by atoms with Crippen LogP contribution in [0.5, 0.6) is 0 Å². The third-order valence-corrected chi connectivity index (χ3v) is 3.17. The van der Waals surface area contributed by atoms with Crippen molar-refractivity contribution in [2.75, 3.05) is 0 Å². The number of nitrogens with zero attached hydrogens (tertiary/aromatic N) is 1. The minimum absolute atomic E-state index is 0.738. The first-order valence-electron chi connectivity index (χ1n) is 5.18. The molecule has 1 N–H and O–H groups in total. The molecule has 0 amide bonds. The lowest BCUT2D eigenvalue weighted by Gasteiger charge is -2.11. The smallest absolute Gasteiger partial charge is 0.106 e. The summed E-state index contributed by atoms with van der Waals surface area (Å²) in [6.07, 6.45) is 7.30. The van der Waals surface area contributed by atoms with Gasteiger partial charge in [0.1, 0.15) is 4.60 Å². The SMILES string of the molecule is Brc1cc(CNC2CCCC2)ccn1. The number of hydrogen-bond acceptors (Lipinski definition) is 2. The fourth-order valence-corrected chi connectivity index (χ4v) is 2.36. The molecule has 0 unspecified atom stereocenters. The Bertz CT molecular complexity index is 295. The fourth-order valence-electron chi connectivity index (χ4n) is 1.94. The van der Waals surface area contributed by atoms with Crippen LogP contribution in [-0.4, -0.2) is 11.0 Å². The van der Waals surface area contributed by atoms with Gasteiger partial charge in [0.25, 0.3) is 0 Å². The van der Waals surface area contributed by atoms with Crippen LogP contribution in [-0.2, 0) is 6.54 Å². The maximum absolute atomic E-state index is 4.11. The second-order valence-corrected chi connectivity index (χ2v) is 4.66. The highest BCUT2D eigenvalue weighted by Crippen LogP contribution is 2.18. The summed E-state index contributed by atoms with van der Waals surface area (Å²) in [4.78, 5) is 4.11. The van der Waals surface area contributed by atoms with Gasteiger partial charge < -0.3 is 5.32 Å². The van der Waals surface area contributed by atoms with E-state index in [2.05, 4.69) is 38.4 Å². The Labute approximate surface area is 93.3 Å². The maximum Gasteiger partial charge on any atom is 0.106 e. The Balaban J connectivity index is 1.85. The number of pyridine rings is 1. The first-order chi connectivity index (χ1) is 6.84. The monoisotopic (exact) mass is 254 g/mol. The van der Waals surface area contributed by atoms with E-state index in [0.29, 0.717) is 0 Å². The molecule has 76 valence electrons. The van der Waals surface area contributed by atoms with E-state index in [4.69, 9.17) is 0 Å². The van der Waals surface area contributed by atoms with Crippen LogP contribution >= 0.6 is 15.9 Å². The highest BCUT2D eigenvalue weighted by molar-refractivity contribution is 9.10. The van der Waals surface area contributed by atoms with Crippen LogP contribution in [0.3, 0.4) is 0 Å². The molecule has 2 rings (SSSR count). The molecule has 1 aromatic heterocycles. The van der Waals surface area contributed by atoms with Crippen molar-refractivity contribution in [1.29, 1.82) is 0 Å². The van der Waals surface area contributed by atoms with E-state index in [0.717, 1.165) is 17.2 Å². The zero-order valence-corrected chi connectivity index (χ0v) is 9.76. The van der Waals surface area contributed by atoms with Gasteiger partial charge in [-0.1, -0.05) is 12.8 Å². The molecule has 0 aromatic carbocycles. The van der Waals surface area contributed by atoms with Gasteiger partial charge >= 0.3 is 0 Å². The maximum atomic E-state index is 4.11. The molecule has 0 aliphatic heterocycles. The van der Waals surface area contributed by atoms with Gasteiger partial charge in [-0.05, 0) is 46.5 Å². The average molecular weight is 255 g/mol. The first-order valence-corrected chi connectivity index (χ1v) is 5.98. The number of rotatable bonds is 3. The third kappa shape index (κ3) is 2.79. The van der Waals surface area contributed by atoms with E-state index in [1.54, 1.807) is 0 Å². The van der Waals surface area contributed by atoms with Crippen LogP contribution in [0.15, 0.2) is 22.9 Å². The highest BCUT2D eigenvalue weighted by atomic mass is 79.9. The van der Waals surface area contributed by atoms with E-state index in [1.165, 1.54) is 31.2 Å². The van der Waals surface area contributed by atoms with E-state index < -0.39 is 0 Å². The summed E-state index contributed by atoms with van der Waals surface area (Å²) < 4.78 is 0.920. The van der Waals surface area contributed by atoms with E-state index in [1.807, 2.05) is 6.20 Å². The summed E-state index contributed by atoms with van der Waals surface area (Å²) >= 11 is 3.38. The van der Waals surface area contributed by atoms with Crippen LogP contribution in [0, 0.1) is 0 Å². The minimum atomic E-state index is 0.738. The molecule has 1 aromatic rings. The molecule has 0 atom stereocenters. The van der Waals surface area contributed by atoms with Gasteiger partial charge in [0.15, 0.2) is 0 Å². The van der Waals surface area contributed by atoms with Gasteiger partial charge in [-0.25, -0.2) is 4.98 Å². The molecule has 1 aliphatic rings. The average Bonchev–Trinajstić information content (AvgIpc) is 2.67. The normalized spacial score (nSPS) is 17.5. The lowest BCUT2D eigenvalue weighted by Crippen LogP contribution is -2.25. The zero-order chi connectivity index (χ0) is 9.80. The summed E-state index contributed by atoms with van der Waals surface area (Å²) in [6, 6.07) is 4.87. The molecule has 0 bridgehead atoms. The Morgan fingerprint density at radius 1 is 1.43 bits per heavy atom. The molecule has 0 radical (unpaired) electrons. The Kier molecular flexibility index (Phi) is 3.54. The van der Waals surface area contributed by atoms with Crippen molar-refractivity contribution in [3.8, 4) is 0 Å². The standard InChI is InChI=1S/C11H15BrN2/c12-11-7-9(5-6-13-11)8-14-10-3-1-2-4-10/h5-7,10,14H,1-4,8H2. The Hall–Kier alpha value is -0.410. The van der Waals surface area contributed by atoms with Crippen LogP contribution in [0.1, 0.15) is 31.2 Å². The van der Waals surface area contributed by atoms with Crippen molar-refractivity contribution in [3.05, 3.63) is 28.5 Å². The Morgan fingerprint density at radius 2 is 2.21 bits per heavy atom. The lowest BCUT2D eigenvalue weighted by atomic mass is 10.2. The second kappa shape index (κ2) is 4.89. The molecule has 14 heavy (non-hydrogen) atoms. The van der Waals surface area contributed by atoms with Crippen LogP contribution in [0.2, 0.25) is 0 Å². The summed E-state index contributed by atoms with van der Waals surface area (Å²) in [5.41, 5.74) is 1.30. The van der Waals surface area contributed by atoms with E-state index in [9.17, 15) is 0 Å². The minimum Gasteiger partial charge on any atom is -0.310 e. The molecule has 0 spiro atoms. The van der Waals surface area contributed by atoms with Crippen molar-refractivity contribution in [2.24, 2.45) is 0 Å². The van der Waals surface area contributed by atoms with Crippen LogP contribution in [0.25, 0.3) is 0 Å². The summed E-state index contributed by atoms with van der Waals surface area (Å²) in [5.74, 6) is 0. The van der Waals surface area contributed by atoms with Crippen molar-refractivity contribution in [1.82, 2.24) is 10.3 Å². The Morgan fingerprint density at radius 3 is 2.93 bits per heavy atom. The summed E-state index contributed by atoms with van der Waals surface area (Å²) in [7, 11) is 0. The topological polar surface area (TPSA) is 24.9 Å². The highest BCUT2D eigenvalue weighted by Gasteiger charge is 2.13. The summed E-state index contributed by atoms with van der Waals surface area (Å²) in [6.45, 7) is 0.964. The van der Waals surface area contributed by atoms with Crippen molar-refractivity contribution in [2.45, 2.75) is 38.3 Å². The predicted molar refractivity (Wildman–Crippen MR) is 61.0 cm³/mol. The van der Waals surface area contributed by atoms with Crippen LogP contribution in [0.4, 0.5) is 0 Å². The van der Waals surface area contributed by atoms with Gasteiger partial charge in [0, 0.05) is 18.8 Å². The predicted octanol–water partition coefficient (Wildman–Crippen LogP) is 2.88. The van der Waals surface area contributed by atoms with Crippen molar-refractivity contribution >= 4 is 15.9 Å².